The molecule has 0 amide bonds. The molecule has 0 saturated carbocycles. The summed E-state index contributed by atoms with van der Waals surface area (Å²) in [5, 5.41) is 21.4. The van der Waals surface area contributed by atoms with Gasteiger partial charge < -0.3 is 0 Å². The topological polar surface area (TPSA) is 0 Å². The fourth-order valence-electron chi connectivity index (χ4n) is 11.1. The van der Waals surface area contributed by atoms with Gasteiger partial charge in [-0.3, -0.25) is 0 Å². The van der Waals surface area contributed by atoms with Gasteiger partial charge in [0.2, 0.25) is 0 Å². The van der Waals surface area contributed by atoms with E-state index in [0.717, 1.165) is 6.42 Å². The average Bonchev–Trinajstić information content (AvgIpc) is 3.50. The SMILES string of the molecule is CCC1(C)c2cc(-c3ccc4c5cccc6cccc(c7cccc3c74)c65)ccc2-c2ccc(-c3ccc4c5cccc6cccc(c7cccc3c74)c65)cc21. The Morgan fingerprint density at radius 2 is 0.643 bits per heavy atom. The summed E-state index contributed by atoms with van der Waals surface area (Å²) in [5.74, 6) is 0. The van der Waals surface area contributed by atoms with Crippen LogP contribution in [0.1, 0.15) is 31.4 Å². The number of hydrogen-bond donors (Lipinski definition) is 0. The van der Waals surface area contributed by atoms with Crippen molar-refractivity contribution in [3.05, 3.63) is 181 Å². The molecule has 13 rings (SSSR count). The molecule has 0 saturated heterocycles. The van der Waals surface area contributed by atoms with E-state index in [0.29, 0.717) is 0 Å². The van der Waals surface area contributed by atoms with Crippen LogP contribution in [-0.2, 0) is 5.41 Å². The molecule has 1 aliphatic carbocycles. The van der Waals surface area contributed by atoms with Crippen LogP contribution in [0.2, 0.25) is 0 Å². The van der Waals surface area contributed by atoms with Crippen LogP contribution in [0.5, 0.6) is 0 Å². The summed E-state index contributed by atoms with van der Waals surface area (Å²) in [6.45, 7) is 4.83. The quantitative estimate of drug-likeness (QED) is 0.127. The van der Waals surface area contributed by atoms with Crippen LogP contribution >= 0.6 is 0 Å². The van der Waals surface area contributed by atoms with Crippen molar-refractivity contribution in [2.45, 2.75) is 25.7 Å². The van der Waals surface area contributed by atoms with Crippen LogP contribution in [0.3, 0.4) is 0 Å². The third-order valence-electron chi connectivity index (χ3n) is 13.9. The Balaban J connectivity index is 0.982. The minimum Gasteiger partial charge on any atom is -0.0642 e. The van der Waals surface area contributed by atoms with E-state index in [1.807, 2.05) is 0 Å². The minimum absolute atomic E-state index is 0.113. The second-order valence-corrected chi connectivity index (χ2v) is 16.4. The lowest BCUT2D eigenvalue weighted by Gasteiger charge is -2.27. The van der Waals surface area contributed by atoms with Gasteiger partial charge in [-0.2, -0.15) is 0 Å². The van der Waals surface area contributed by atoms with Crippen LogP contribution in [0.15, 0.2) is 170 Å². The number of benzene rings is 12. The summed E-state index contributed by atoms with van der Waals surface area (Å²) in [6, 6.07) is 64.8. The molecule has 0 spiro atoms. The zero-order valence-corrected chi connectivity index (χ0v) is 31.4. The summed E-state index contributed by atoms with van der Waals surface area (Å²) < 4.78 is 0. The molecular formula is C56H36. The van der Waals surface area contributed by atoms with Crippen LogP contribution in [0.25, 0.3) is 120 Å². The molecule has 0 fully saturated rings. The van der Waals surface area contributed by atoms with E-state index in [9.17, 15) is 0 Å². The van der Waals surface area contributed by atoms with Gasteiger partial charge in [0.05, 0.1) is 0 Å². The Bertz CT molecular complexity index is 3300. The largest absolute Gasteiger partial charge is 0.0642 e. The molecule has 0 radical (unpaired) electrons. The summed E-state index contributed by atoms with van der Waals surface area (Å²) in [5.41, 5.74) is 10.7. The second kappa shape index (κ2) is 10.7. The normalized spacial score (nSPS) is 13.8. The highest BCUT2D eigenvalue weighted by molar-refractivity contribution is 6.35. The van der Waals surface area contributed by atoms with Crippen molar-refractivity contribution < 1.29 is 0 Å². The van der Waals surface area contributed by atoms with Crippen molar-refractivity contribution in [1.29, 1.82) is 0 Å². The lowest BCUT2D eigenvalue weighted by Crippen LogP contribution is -2.19. The molecular weight excluding hydrogens is 673 g/mol. The molecule has 0 aliphatic heterocycles. The van der Waals surface area contributed by atoms with Gasteiger partial charge in [-0.15, -0.1) is 0 Å². The first-order valence-corrected chi connectivity index (χ1v) is 20.1. The Hall–Kier alpha value is -6.76. The first kappa shape index (κ1) is 30.6. The maximum Gasteiger partial charge on any atom is 0.0184 e. The van der Waals surface area contributed by atoms with E-state index in [1.54, 1.807) is 0 Å². The van der Waals surface area contributed by atoms with Gasteiger partial charge in [0, 0.05) is 5.41 Å². The van der Waals surface area contributed by atoms with Gasteiger partial charge in [0.25, 0.3) is 0 Å². The standard InChI is InChI=1S/C56H36/c1-3-56(2)50-30-34(36-26-28-48-44-16-6-12-32-10-4-14-42(52(32)44)46-20-8-18-40(36)54(46)48)22-24-38(50)39-25-23-35(31-51(39)56)37-27-29-49-45-17-7-13-33-11-5-15-43(53(33)45)47-21-9-19-41(37)55(47)49/h4-31H,3H2,1-2H3. The first-order valence-electron chi connectivity index (χ1n) is 20.1. The summed E-state index contributed by atoms with van der Waals surface area (Å²) in [4.78, 5) is 0. The summed E-state index contributed by atoms with van der Waals surface area (Å²) in [6.07, 6.45) is 1.02. The smallest absolute Gasteiger partial charge is 0.0184 e. The zero-order chi connectivity index (χ0) is 36.9. The predicted molar refractivity (Wildman–Crippen MR) is 242 cm³/mol. The lowest BCUT2D eigenvalue weighted by molar-refractivity contribution is 0.565. The highest BCUT2D eigenvalue weighted by atomic mass is 14.4. The number of hydrogen-bond acceptors (Lipinski definition) is 0. The molecule has 0 nitrogen and oxygen atoms in total. The Labute approximate surface area is 324 Å². The highest BCUT2D eigenvalue weighted by Crippen LogP contribution is 2.54. The second-order valence-electron chi connectivity index (χ2n) is 16.4. The fourth-order valence-corrected chi connectivity index (χ4v) is 11.1. The van der Waals surface area contributed by atoms with Gasteiger partial charge in [-0.05, 0) is 149 Å². The number of rotatable bonds is 3. The minimum atomic E-state index is -0.113. The fraction of sp³-hybridized carbons (Fsp3) is 0.0714. The van der Waals surface area contributed by atoms with Gasteiger partial charge >= 0.3 is 0 Å². The molecule has 0 heterocycles. The molecule has 12 aromatic rings. The number of fused-ring (bicyclic) bond motifs is 7. The predicted octanol–water partition coefficient (Wildman–Crippen LogP) is 15.8. The van der Waals surface area contributed by atoms with Crippen LogP contribution in [-0.4, -0.2) is 0 Å². The zero-order valence-electron chi connectivity index (χ0n) is 31.4. The monoisotopic (exact) mass is 708 g/mol. The Kier molecular flexibility index (Phi) is 5.85. The van der Waals surface area contributed by atoms with Crippen molar-refractivity contribution in [3.63, 3.8) is 0 Å². The third kappa shape index (κ3) is 3.74. The summed E-state index contributed by atoms with van der Waals surface area (Å²) in [7, 11) is 0. The maximum absolute atomic E-state index is 2.51. The van der Waals surface area contributed by atoms with Crippen molar-refractivity contribution in [2.75, 3.05) is 0 Å². The van der Waals surface area contributed by atoms with E-state index < -0.39 is 0 Å². The van der Waals surface area contributed by atoms with Crippen LogP contribution in [0.4, 0.5) is 0 Å². The Morgan fingerprint density at radius 1 is 0.321 bits per heavy atom. The van der Waals surface area contributed by atoms with Crippen molar-refractivity contribution in [1.82, 2.24) is 0 Å². The lowest BCUT2D eigenvalue weighted by atomic mass is 9.76. The van der Waals surface area contributed by atoms with Crippen LogP contribution < -0.4 is 0 Å². The van der Waals surface area contributed by atoms with Crippen molar-refractivity contribution in [3.8, 4) is 33.4 Å². The molecule has 0 aromatic heterocycles. The molecule has 260 valence electrons. The van der Waals surface area contributed by atoms with Gasteiger partial charge in [-0.25, -0.2) is 0 Å². The highest BCUT2D eigenvalue weighted by Gasteiger charge is 2.38. The molecule has 0 atom stereocenters. The van der Waals surface area contributed by atoms with Gasteiger partial charge in [0.1, 0.15) is 0 Å². The molecule has 0 bridgehead atoms. The van der Waals surface area contributed by atoms with Crippen molar-refractivity contribution in [2.24, 2.45) is 0 Å². The Morgan fingerprint density at radius 3 is 1.04 bits per heavy atom. The maximum atomic E-state index is 2.51. The van der Waals surface area contributed by atoms with Crippen molar-refractivity contribution >= 4 is 86.2 Å². The molecule has 0 unspecified atom stereocenters. The molecule has 12 aromatic carbocycles. The van der Waals surface area contributed by atoms with E-state index in [1.165, 1.54) is 131 Å². The summed E-state index contributed by atoms with van der Waals surface area (Å²) >= 11 is 0. The first-order chi connectivity index (χ1) is 27.6. The third-order valence-corrected chi connectivity index (χ3v) is 13.9. The van der Waals surface area contributed by atoms with Gasteiger partial charge in [-0.1, -0.05) is 172 Å². The molecule has 0 heteroatoms. The van der Waals surface area contributed by atoms with E-state index in [-0.39, 0.29) is 5.41 Å². The van der Waals surface area contributed by atoms with E-state index in [4.69, 9.17) is 0 Å². The van der Waals surface area contributed by atoms with E-state index >= 15 is 0 Å². The van der Waals surface area contributed by atoms with Gasteiger partial charge in [0.15, 0.2) is 0 Å². The molecule has 0 N–H and O–H groups in total. The molecule has 1 aliphatic rings. The van der Waals surface area contributed by atoms with E-state index in [2.05, 4.69) is 184 Å². The van der Waals surface area contributed by atoms with Crippen LogP contribution in [0, 0.1) is 0 Å². The molecule has 56 heavy (non-hydrogen) atoms. The average molecular weight is 709 g/mol.